The molecule has 2 rings (SSSR count). The zero-order valence-corrected chi connectivity index (χ0v) is 10.1. The molecule has 2 aromatic heterocycles. The van der Waals surface area contributed by atoms with E-state index in [1.54, 1.807) is 17.5 Å². The quantitative estimate of drug-likeness (QED) is 0.856. The highest BCUT2D eigenvalue weighted by molar-refractivity contribution is 7.09. The van der Waals surface area contributed by atoms with Crippen LogP contribution in [0.4, 0.5) is 11.5 Å². The third-order valence-corrected chi connectivity index (χ3v) is 3.32. The standard InChI is InChI=1S/C11H14N4S/c1-7-6-16-11(14-7)8(2)15-9-3-4-13-10(12)5-9/h3-6,8H,1-2H3,(H3,12,13,15). The van der Waals surface area contributed by atoms with E-state index in [2.05, 4.69) is 27.6 Å². The van der Waals surface area contributed by atoms with Crippen molar-refractivity contribution in [3.8, 4) is 0 Å². The Morgan fingerprint density at radius 1 is 1.50 bits per heavy atom. The van der Waals surface area contributed by atoms with Gasteiger partial charge in [-0.2, -0.15) is 0 Å². The van der Waals surface area contributed by atoms with Crippen LogP contribution >= 0.6 is 11.3 Å². The lowest BCUT2D eigenvalue weighted by Crippen LogP contribution is -2.06. The van der Waals surface area contributed by atoms with Crippen LogP contribution in [0.1, 0.15) is 23.7 Å². The Morgan fingerprint density at radius 3 is 2.94 bits per heavy atom. The molecule has 0 amide bonds. The monoisotopic (exact) mass is 234 g/mol. The van der Waals surface area contributed by atoms with E-state index in [-0.39, 0.29) is 6.04 Å². The lowest BCUT2D eigenvalue weighted by molar-refractivity contribution is 0.863. The molecular formula is C11H14N4S. The minimum atomic E-state index is 0.181. The van der Waals surface area contributed by atoms with Crippen molar-refractivity contribution in [2.24, 2.45) is 0 Å². The van der Waals surface area contributed by atoms with Gasteiger partial charge in [-0.25, -0.2) is 9.97 Å². The fourth-order valence-electron chi connectivity index (χ4n) is 1.42. The first-order valence-electron chi connectivity index (χ1n) is 5.05. The van der Waals surface area contributed by atoms with Crippen LogP contribution in [-0.4, -0.2) is 9.97 Å². The number of hydrogen-bond donors (Lipinski definition) is 2. The maximum absolute atomic E-state index is 5.61. The van der Waals surface area contributed by atoms with Gasteiger partial charge in [-0.15, -0.1) is 11.3 Å². The van der Waals surface area contributed by atoms with Crippen LogP contribution in [0.15, 0.2) is 23.7 Å². The highest BCUT2D eigenvalue weighted by atomic mass is 32.1. The summed E-state index contributed by atoms with van der Waals surface area (Å²) >= 11 is 1.66. The normalized spacial score (nSPS) is 12.4. The van der Waals surface area contributed by atoms with Crippen molar-refractivity contribution < 1.29 is 0 Å². The van der Waals surface area contributed by atoms with Crippen molar-refractivity contribution in [1.29, 1.82) is 0 Å². The van der Waals surface area contributed by atoms with Gasteiger partial charge in [0.2, 0.25) is 0 Å². The summed E-state index contributed by atoms with van der Waals surface area (Å²) in [7, 11) is 0. The van der Waals surface area contributed by atoms with Gasteiger partial charge < -0.3 is 11.1 Å². The van der Waals surface area contributed by atoms with Gasteiger partial charge in [0.25, 0.3) is 0 Å². The number of nitrogens with two attached hydrogens (primary N) is 1. The van der Waals surface area contributed by atoms with E-state index in [9.17, 15) is 0 Å². The molecule has 0 aliphatic heterocycles. The number of aryl methyl sites for hydroxylation is 1. The molecule has 84 valence electrons. The number of nitrogens with one attached hydrogen (secondary N) is 1. The van der Waals surface area contributed by atoms with Crippen LogP contribution in [0.2, 0.25) is 0 Å². The van der Waals surface area contributed by atoms with Gasteiger partial charge in [0, 0.05) is 29.0 Å². The number of aromatic nitrogens is 2. The second-order valence-electron chi connectivity index (χ2n) is 3.66. The van der Waals surface area contributed by atoms with Gasteiger partial charge in [0.1, 0.15) is 10.8 Å². The van der Waals surface area contributed by atoms with E-state index in [4.69, 9.17) is 5.73 Å². The third kappa shape index (κ3) is 2.49. The molecule has 0 aliphatic carbocycles. The summed E-state index contributed by atoms with van der Waals surface area (Å²) in [6.45, 7) is 4.08. The largest absolute Gasteiger partial charge is 0.384 e. The molecule has 0 aliphatic rings. The zero-order chi connectivity index (χ0) is 11.5. The van der Waals surface area contributed by atoms with Crippen molar-refractivity contribution >= 4 is 22.8 Å². The SMILES string of the molecule is Cc1csc(C(C)Nc2ccnc(N)c2)n1. The second kappa shape index (κ2) is 4.49. The van der Waals surface area contributed by atoms with Gasteiger partial charge >= 0.3 is 0 Å². The Balaban J connectivity index is 2.10. The Labute approximate surface area is 98.6 Å². The zero-order valence-electron chi connectivity index (χ0n) is 9.27. The van der Waals surface area contributed by atoms with Crippen molar-refractivity contribution in [3.05, 3.63) is 34.4 Å². The van der Waals surface area contributed by atoms with E-state index < -0.39 is 0 Å². The third-order valence-electron chi connectivity index (χ3n) is 2.17. The summed E-state index contributed by atoms with van der Waals surface area (Å²) in [5, 5.41) is 6.47. The molecule has 1 unspecified atom stereocenters. The number of hydrogen-bond acceptors (Lipinski definition) is 5. The second-order valence-corrected chi connectivity index (χ2v) is 4.55. The number of nitrogen functional groups attached to an aromatic ring is 1. The summed E-state index contributed by atoms with van der Waals surface area (Å²) in [6, 6.07) is 3.89. The first kappa shape index (κ1) is 10.9. The molecule has 5 heteroatoms. The molecule has 2 aromatic rings. The lowest BCUT2D eigenvalue weighted by atomic mass is 10.3. The molecule has 0 spiro atoms. The molecule has 4 nitrogen and oxygen atoms in total. The molecule has 0 saturated heterocycles. The maximum atomic E-state index is 5.61. The fourth-order valence-corrected chi connectivity index (χ4v) is 2.22. The number of nitrogens with zero attached hydrogens (tertiary/aromatic N) is 2. The van der Waals surface area contributed by atoms with Crippen LogP contribution in [0.25, 0.3) is 0 Å². The lowest BCUT2D eigenvalue weighted by Gasteiger charge is -2.12. The minimum absolute atomic E-state index is 0.181. The van der Waals surface area contributed by atoms with Crippen LogP contribution < -0.4 is 11.1 Å². The van der Waals surface area contributed by atoms with Crippen molar-refractivity contribution in [3.63, 3.8) is 0 Å². The number of thiazole rings is 1. The maximum Gasteiger partial charge on any atom is 0.125 e. The highest BCUT2D eigenvalue weighted by Gasteiger charge is 2.09. The highest BCUT2D eigenvalue weighted by Crippen LogP contribution is 2.22. The molecule has 16 heavy (non-hydrogen) atoms. The first-order chi connectivity index (χ1) is 7.65. The number of pyridine rings is 1. The average molecular weight is 234 g/mol. The van der Waals surface area contributed by atoms with Crippen LogP contribution in [0, 0.1) is 6.92 Å². The topological polar surface area (TPSA) is 63.8 Å². The molecule has 3 N–H and O–H groups in total. The van der Waals surface area contributed by atoms with Gasteiger partial charge in [0.05, 0.1) is 6.04 Å². The predicted octanol–water partition coefficient (Wildman–Crippen LogP) is 2.60. The van der Waals surface area contributed by atoms with Crippen LogP contribution in [0.3, 0.4) is 0 Å². The smallest absolute Gasteiger partial charge is 0.125 e. The molecule has 2 heterocycles. The fraction of sp³-hybridized carbons (Fsp3) is 0.273. The summed E-state index contributed by atoms with van der Waals surface area (Å²) < 4.78 is 0. The van der Waals surface area contributed by atoms with Crippen LogP contribution in [-0.2, 0) is 0 Å². The van der Waals surface area contributed by atoms with Crippen molar-refractivity contribution in [1.82, 2.24) is 9.97 Å². The van der Waals surface area contributed by atoms with Gasteiger partial charge in [-0.05, 0) is 19.9 Å². The van der Waals surface area contributed by atoms with E-state index in [0.717, 1.165) is 16.4 Å². The molecule has 0 bridgehead atoms. The molecule has 0 fully saturated rings. The summed E-state index contributed by atoms with van der Waals surface area (Å²) in [5.74, 6) is 0.521. The van der Waals surface area contributed by atoms with E-state index >= 15 is 0 Å². The Bertz CT molecular complexity index is 480. The van der Waals surface area contributed by atoms with E-state index in [0.29, 0.717) is 5.82 Å². The molecule has 0 saturated carbocycles. The average Bonchev–Trinajstić information content (AvgIpc) is 2.65. The van der Waals surface area contributed by atoms with Gasteiger partial charge in [-0.3, -0.25) is 0 Å². The van der Waals surface area contributed by atoms with Gasteiger partial charge in [-0.1, -0.05) is 0 Å². The summed E-state index contributed by atoms with van der Waals surface area (Å²) in [4.78, 5) is 8.39. The Hall–Kier alpha value is -1.62. The Morgan fingerprint density at radius 2 is 2.31 bits per heavy atom. The summed E-state index contributed by atoms with van der Waals surface area (Å²) in [6.07, 6.45) is 1.69. The van der Waals surface area contributed by atoms with Crippen molar-refractivity contribution in [2.75, 3.05) is 11.1 Å². The van der Waals surface area contributed by atoms with E-state index in [1.807, 2.05) is 19.1 Å². The van der Waals surface area contributed by atoms with Gasteiger partial charge in [0.15, 0.2) is 0 Å². The minimum Gasteiger partial charge on any atom is -0.384 e. The molecule has 0 radical (unpaired) electrons. The predicted molar refractivity (Wildman–Crippen MR) is 67.5 cm³/mol. The Kier molecular flexibility index (Phi) is 3.05. The number of rotatable bonds is 3. The van der Waals surface area contributed by atoms with E-state index in [1.165, 1.54) is 0 Å². The van der Waals surface area contributed by atoms with Crippen molar-refractivity contribution in [2.45, 2.75) is 19.9 Å². The number of anilines is 2. The molecule has 0 aromatic carbocycles. The van der Waals surface area contributed by atoms with Crippen LogP contribution in [0.5, 0.6) is 0 Å². The molecule has 1 atom stereocenters. The molecular weight excluding hydrogens is 220 g/mol. The first-order valence-corrected chi connectivity index (χ1v) is 5.93. The summed E-state index contributed by atoms with van der Waals surface area (Å²) in [5.41, 5.74) is 7.64.